The van der Waals surface area contributed by atoms with Crippen LogP contribution in [-0.4, -0.2) is 18.6 Å². The molecule has 0 saturated heterocycles. The molecule has 0 amide bonds. The maximum atomic E-state index is 5.68. The third-order valence-corrected chi connectivity index (χ3v) is 3.87. The van der Waals surface area contributed by atoms with Crippen LogP contribution in [0, 0.1) is 6.92 Å². The quantitative estimate of drug-likeness (QED) is 0.847. The number of nitrogens with zero attached hydrogens (tertiary/aromatic N) is 1. The highest BCUT2D eigenvalue weighted by molar-refractivity contribution is 9.10. The molecule has 0 bridgehead atoms. The lowest BCUT2D eigenvalue weighted by Gasteiger charge is -2.20. The van der Waals surface area contributed by atoms with Gasteiger partial charge >= 0.3 is 0 Å². The first kappa shape index (κ1) is 16.0. The van der Waals surface area contributed by atoms with E-state index in [4.69, 9.17) is 4.74 Å². The Morgan fingerprint density at radius 2 is 2.10 bits per heavy atom. The molecule has 2 aromatic rings. The van der Waals surface area contributed by atoms with E-state index >= 15 is 0 Å². The number of pyridine rings is 1. The Hall–Kier alpha value is -1.39. The second kappa shape index (κ2) is 7.57. The van der Waals surface area contributed by atoms with E-state index < -0.39 is 0 Å². The van der Waals surface area contributed by atoms with Crippen LogP contribution in [0.2, 0.25) is 0 Å². The van der Waals surface area contributed by atoms with Crippen LogP contribution in [0.1, 0.15) is 36.1 Å². The van der Waals surface area contributed by atoms with Crippen molar-refractivity contribution >= 4 is 15.9 Å². The summed E-state index contributed by atoms with van der Waals surface area (Å²) in [6.07, 6.45) is 4.64. The van der Waals surface area contributed by atoms with E-state index in [1.807, 2.05) is 13.2 Å². The lowest BCUT2D eigenvalue weighted by molar-refractivity contribution is 0.315. The summed E-state index contributed by atoms with van der Waals surface area (Å²) in [7, 11) is 1.96. The smallest absolute Gasteiger partial charge is 0.137 e. The van der Waals surface area contributed by atoms with Crippen molar-refractivity contribution < 1.29 is 4.74 Å². The molecule has 3 nitrogen and oxygen atoms in total. The van der Waals surface area contributed by atoms with Crippen molar-refractivity contribution in [1.82, 2.24) is 10.3 Å². The van der Waals surface area contributed by atoms with E-state index in [-0.39, 0.29) is 6.04 Å². The number of ether oxygens (including phenoxy) is 1. The maximum absolute atomic E-state index is 5.68. The second-order valence-electron chi connectivity index (χ2n) is 5.03. The van der Waals surface area contributed by atoms with Gasteiger partial charge in [-0.15, -0.1) is 0 Å². The minimum Gasteiger partial charge on any atom is -0.492 e. The molecule has 1 heterocycles. The number of halogens is 1. The molecule has 0 aliphatic heterocycles. The number of nitrogens with one attached hydrogen (secondary N) is 1. The van der Waals surface area contributed by atoms with Gasteiger partial charge in [-0.2, -0.15) is 0 Å². The van der Waals surface area contributed by atoms with Crippen LogP contribution in [-0.2, 0) is 0 Å². The first-order valence-electron chi connectivity index (χ1n) is 7.16. The summed E-state index contributed by atoms with van der Waals surface area (Å²) in [6, 6.07) is 8.49. The lowest BCUT2D eigenvalue weighted by Crippen LogP contribution is -2.19. The molecule has 0 radical (unpaired) electrons. The SMILES string of the molecule is CCCOc1cncc(C(NC)c2cc(Br)ccc2C)c1. The summed E-state index contributed by atoms with van der Waals surface area (Å²) in [5.74, 6) is 0.822. The first-order valence-corrected chi connectivity index (χ1v) is 7.96. The average molecular weight is 349 g/mol. The molecular weight excluding hydrogens is 328 g/mol. The molecule has 112 valence electrons. The van der Waals surface area contributed by atoms with Gasteiger partial charge in [0.2, 0.25) is 0 Å². The van der Waals surface area contributed by atoms with E-state index in [1.165, 1.54) is 11.1 Å². The van der Waals surface area contributed by atoms with E-state index in [0.717, 1.165) is 22.2 Å². The Balaban J connectivity index is 2.34. The van der Waals surface area contributed by atoms with Crippen molar-refractivity contribution in [3.63, 3.8) is 0 Å². The van der Waals surface area contributed by atoms with Crippen molar-refractivity contribution in [1.29, 1.82) is 0 Å². The number of rotatable bonds is 6. The number of hydrogen-bond acceptors (Lipinski definition) is 3. The monoisotopic (exact) mass is 348 g/mol. The van der Waals surface area contributed by atoms with Gasteiger partial charge in [0.15, 0.2) is 0 Å². The van der Waals surface area contributed by atoms with E-state index in [0.29, 0.717) is 6.61 Å². The van der Waals surface area contributed by atoms with Crippen molar-refractivity contribution in [2.75, 3.05) is 13.7 Å². The van der Waals surface area contributed by atoms with E-state index in [1.54, 1.807) is 6.20 Å². The highest BCUT2D eigenvalue weighted by atomic mass is 79.9. The number of aromatic nitrogens is 1. The average Bonchev–Trinajstić information content (AvgIpc) is 2.50. The lowest BCUT2D eigenvalue weighted by atomic mass is 9.96. The number of hydrogen-bond donors (Lipinski definition) is 1. The highest BCUT2D eigenvalue weighted by Crippen LogP contribution is 2.28. The van der Waals surface area contributed by atoms with Gasteiger partial charge in [0, 0.05) is 10.7 Å². The van der Waals surface area contributed by atoms with Crippen molar-refractivity contribution in [3.8, 4) is 5.75 Å². The van der Waals surface area contributed by atoms with Gasteiger partial charge in [-0.1, -0.05) is 28.9 Å². The van der Waals surface area contributed by atoms with Crippen molar-refractivity contribution in [3.05, 3.63) is 57.8 Å². The molecule has 21 heavy (non-hydrogen) atoms. The molecule has 1 unspecified atom stereocenters. The molecule has 0 aliphatic rings. The zero-order valence-corrected chi connectivity index (χ0v) is 14.3. The van der Waals surface area contributed by atoms with Crippen LogP contribution in [0.15, 0.2) is 41.1 Å². The Morgan fingerprint density at radius 1 is 1.29 bits per heavy atom. The number of benzene rings is 1. The fourth-order valence-corrected chi connectivity index (χ4v) is 2.70. The topological polar surface area (TPSA) is 34.1 Å². The fourth-order valence-electron chi connectivity index (χ4n) is 2.32. The normalized spacial score (nSPS) is 12.2. The molecule has 0 spiro atoms. The number of aryl methyl sites for hydroxylation is 1. The van der Waals surface area contributed by atoms with Crippen molar-refractivity contribution in [2.24, 2.45) is 0 Å². The summed E-state index contributed by atoms with van der Waals surface area (Å²) in [4.78, 5) is 4.31. The van der Waals surface area contributed by atoms with Crippen LogP contribution in [0.25, 0.3) is 0 Å². The molecule has 0 fully saturated rings. The Bertz CT molecular complexity index is 601. The zero-order valence-electron chi connectivity index (χ0n) is 12.7. The molecule has 1 aromatic heterocycles. The third kappa shape index (κ3) is 4.05. The predicted octanol–water partition coefficient (Wildman–Crippen LogP) is 4.25. The third-order valence-electron chi connectivity index (χ3n) is 3.38. The largest absolute Gasteiger partial charge is 0.492 e. The Morgan fingerprint density at radius 3 is 2.81 bits per heavy atom. The second-order valence-corrected chi connectivity index (χ2v) is 5.94. The Kier molecular flexibility index (Phi) is 5.76. The standard InChI is InChI=1S/C17H21BrN2O/c1-4-7-21-15-8-13(10-20-11-15)17(19-3)16-9-14(18)6-5-12(16)2/h5-6,8-11,17,19H,4,7H2,1-3H3. The van der Waals surface area contributed by atoms with Gasteiger partial charge in [-0.05, 0) is 55.3 Å². The van der Waals surface area contributed by atoms with Crippen LogP contribution < -0.4 is 10.1 Å². The predicted molar refractivity (Wildman–Crippen MR) is 89.8 cm³/mol. The van der Waals surface area contributed by atoms with Gasteiger partial charge in [-0.25, -0.2) is 0 Å². The summed E-state index contributed by atoms with van der Waals surface area (Å²) in [5.41, 5.74) is 3.59. The summed E-state index contributed by atoms with van der Waals surface area (Å²) in [6.45, 7) is 4.93. The van der Waals surface area contributed by atoms with Crippen LogP contribution in [0.5, 0.6) is 5.75 Å². The molecule has 0 aliphatic carbocycles. The van der Waals surface area contributed by atoms with Gasteiger partial charge in [-0.3, -0.25) is 4.98 Å². The van der Waals surface area contributed by atoms with Crippen LogP contribution in [0.4, 0.5) is 0 Å². The summed E-state index contributed by atoms with van der Waals surface area (Å²) >= 11 is 3.55. The first-order chi connectivity index (χ1) is 10.2. The van der Waals surface area contributed by atoms with Gasteiger partial charge in [0.1, 0.15) is 5.75 Å². The van der Waals surface area contributed by atoms with E-state index in [9.17, 15) is 0 Å². The zero-order chi connectivity index (χ0) is 15.2. The van der Waals surface area contributed by atoms with Gasteiger partial charge in [0.05, 0.1) is 18.8 Å². The molecule has 1 atom stereocenters. The minimum absolute atomic E-state index is 0.0974. The molecule has 2 rings (SSSR count). The van der Waals surface area contributed by atoms with Crippen LogP contribution in [0.3, 0.4) is 0 Å². The van der Waals surface area contributed by atoms with Gasteiger partial charge in [0.25, 0.3) is 0 Å². The van der Waals surface area contributed by atoms with Crippen LogP contribution >= 0.6 is 15.9 Å². The molecule has 0 saturated carbocycles. The van der Waals surface area contributed by atoms with Crippen molar-refractivity contribution in [2.45, 2.75) is 26.3 Å². The minimum atomic E-state index is 0.0974. The van der Waals surface area contributed by atoms with E-state index in [2.05, 4.69) is 64.3 Å². The highest BCUT2D eigenvalue weighted by Gasteiger charge is 2.15. The summed E-state index contributed by atoms with van der Waals surface area (Å²) in [5, 5.41) is 3.37. The molecule has 1 N–H and O–H groups in total. The molecular formula is C17H21BrN2O. The Labute approximate surface area is 134 Å². The molecule has 4 heteroatoms. The maximum Gasteiger partial charge on any atom is 0.137 e. The fraction of sp³-hybridized carbons (Fsp3) is 0.353. The summed E-state index contributed by atoms with van der Waals surface area (Å²) < 4.78 is 6.76. The molecule has 1 aromatic carbocycles. The van der Waals surface area contributed by atoms with Gasteiger partial charge < -0.3 is 10.1 Å².